The molecule has 0 spiro atoms. The van der Waals surface area contributed by atoms with Crippen molar-refractivity contribution in [1.82, 2.24) is 10.2 Å². The van der Waals surface area contributed by atoms with Crippen molar-refractivity contribution in [2.24, 2.45) is 0 Å². The molecule has 7 heteroatoms. The van der Waals surface area contributed by atoms with Crippen molar-refractivity contribution in [2.45, 2.75) is 20.1 Å². The van der Waals surface area contributed by atoms with Crippen molar-refractivity contribution < 1.29 is 19.1 Å². The summed E-state index contributed by atoms with van der Waals surface area (Å²) in [6.45, 7) is 2.49. The summed E-state index contributed by atoms with van der Waals surface area (Å²) in [5.74, 6) is 0.438. The first-order valence-electron chi connectivity index (χ1n) is 10.4. The van der Waals surface area contributed by atoms with E-state index in [0.717, 1.165) is 16.7 Å². The molecule has 0 radical (unpaired) electrons. The first kappa shape index (κ1) is 22.4. The van der Waals surface area contributed by atoms with Crippen LogP contribution in [0.1, 0.15) is 22.3 Å². The Labute approximate surface area is 197 Å². The van der Waals surface area contributed by atoms with Gasteiger partial charge in [0, 0.05) is 0 Å². The minimum Gasteiger partial charge on any atom is -0.493 e. The number of methoxy groups -OCH3 is 1. The van der Waals surface area contributed by atoms with Gasteiger partial charge >= 0.3 is 6.03 Å². The molecule has 3 aromatic carbocycles. The van der Waals surface area contributed by atoms with Gasteiger partial charge in [-0.2, -0.15) is 0 Å². The highest BCUT2D eigenvalue weighted by Crippen LogP contribution is 2.37. The van der Waals surface area contributed by atoms with Gasteiger partial charge in [0.25, 0.3) is 5.91 Å². The van der Waals surface area contributed by atoms with Gasteiger partial charge in [-0.15, -0.1) is 0 Å². The average molecular weight is 463 g/mol. The molecule has 4 rings (SSSR count). The number of halogens is 1. The van der Waals surface area contributed by atoms with Crippen LogP contribution < -0.4 is 14.8 Å². The number of nitrogens with one attached hydrogen (secondary N) is 1. The number of urea groups is 1. The van der Waals surface area contributed by atoms with Gasteiger partial charge in [0.15, 0.2) is 11.5 Å². The molecule has 0 aromatic heterocycles. The summed E-state index contributed by atoms with van der Waals surface area (Å²) in [6.07, 6.45) is 1.58. The number of carbonyl (C=O) groups is 2. The minimum absolute atomic E-state index is 0.170. The number of rotatable bonds is 7. The van der Waals surface area contributed by atoms with Gasteiger partial charge in [-0.25, -0.2) is 4.79 Å². The van der Waals surface area contributed by atoms with Crippen molar-refractivity contribution in [1.29, 1.82) is 0 Å². The van der Waals surface area contributed by atoms with Crippen LogP contribution in [-0.2, 0) is 17.9 Å². The number of ether oxygens (including phenoxy) is 2. The Bertz CT molecular complexity index is 1220. The molecule has 0 atom stereocenters. The maximum Gasteiger partial charge on any atom is 0.329 e. The van der Waals surface area contributed by atoms with Gasteiger partial charge in [-0.05, 0) is 41.8 Å². The van der Waals surface area contributed by atoms with E-state index in [2.05, 4.69) is 5.32 Å². The Kier molecular flexibility index (Phi) is 6.66. The Balaban J connectivity index is 1.54. The third-order valence-electron chi connectivity index (χ3n) is 5.17. The van der Waals surface area contributed by atoms with Gasteiger partial charge in [0.05, 0.1) is 18.7 Å². The number of imide groups is 1. The summed E-state index contributed by atoms with van der Waals surface area (Å²) in [5.41, 5.74) is 3.71. The fourth-order valence-electron chi connectivity index (χ4n) is 3.57. The minimum atomic E-state index is -0.464. The van der Waals surface area contributed by atoms with E-state index >= 15 is 0 Å². The number of aryl methyl sites for hydroxylation is 1. The topological polar surface area (TPSA) is 67.9 Å². The van der Waals surface area contributed by atoms with Crippen LogP contribution in [-0.4, -0.2) is 23.9 Å². The molecular formula is C26H23ClN2O4. The zero-order valence-corrected chi connectivity index (χ0v) is 19.1. The fourth-order valence-corrected chi connectivity index (χ4v) is 3.84. The Morgan fingerprint density at radius 1 is 1.00 bits per heavy atom. The molecule has 3 amide bonds. The van der Waals surface area contributed by atoms with Gasteiger partial charge in [-0.3, -0.25) is 9.69 Å². The number of benzene rings is 3. The summed E-state index contributed by atoms with van der Waals surface area (Å²) in [5, 5.41) is 2.98. The molecule has 1 N–H and O–H groups in total. The zero-order chi connectivity index (χ0) is 23.4. The quantitative estimate of drug-likeness (QED) is 0.380. The van der Waals surface area contributed by atoms with Gasteiger partial charge < -0.3 is 14.8 Å². The fraction of sp³-hybridized carbons (Fsp3) is 0.154. The Morgan fingerprint density at radius 3 is 2.48 bits per heavy atom. The molecule has 0 aliphatic carbocycles. The van der Waals surface area contributed by atoms with Crippen LogP contribution >= 0.6 is 11.6 Å². The Hall–Kier alpha value is -3.77. The molecule has 0 unspecified atom stereocenters. The van der Waals surface area contributed by atoms with E-state index in [4.69, 9.17) is 21.1 Å². The van der Waals surface area contributed by atoms with E-state index in [1.54, 1.807) is 18.2 Å². The van der Waals surface area contributed by atoms with Crippen LogP contribution in [0.4, 0.5) is 4.79 Å². The zero-order valence-electron chi connectivity index (χ0n) is 18.3. The lowest BCUT2D eigenvalue weighted by atomic mass is 10.1. The van der Waals surface area contributed by atoms with E-state index < -0.39 is 11.9 Å². The molecule has 1 aliphatic heterocycles. The average Bonchev–Trinajstić information content (AvgIpc) is 3.06. The van der Waals surface area contributed by atoms with Crippen LogP contribution in [0.3, 0.4) is 0 Å². The lowest BCUT2D eigenvalue weighted by molar-refractivity contribution is -0.123. The molecule has 1 heterocycles. The predicted molar refractivity (Wildman–Crippen MR) is 127 cm³/mol. The van der Waals surface area contributed by atoms with E-state index in [0.29, 0.717) is 28.7 Å². The highest BCUT2D eigenvalue weighted by molar-refractivity contribution is 6.32. The van der Waals surface area contributed by atoms with Gasteiger partial charge in [-0.1, -0.05) is 71.8 Å². The molecule has 1 fully saturated rings. The number of amides is 3. The SMILES string of the molecule is COc1cc(/C=C2/NC(=O)N(Cc3cccc(C)c3)C2=O)cc(Cl)c1OCc1ccccc1. The van der Waals surface area contributed by atoms with E-state index in [1.165, 1.54) is 12.0 Å². The lowest BCUT2D eigenvalue weighted by Gasteiger charge is -2.14. The summed E-state index contributed by atoms with van der Waals surface area (Å²) >= 11 is 6.46. The third-order valence-corrected chi connectivity index (χ3v) is 5.46. The van der Waals surface area contributed by atoms with Crippen molar-refractivity contribution in [3.8, 4) is 11.5 Å². The summed E-state index contributed by atoms with van der Waals surface area (Å²) in [6, 6.07) is 20.3. The van der Waals surface area contributed by atoms with Gasteiger partial charge in [0.1, 0.15) is 12.3 Å². The first-order valence-corrected chi connectivity index (χ1v) is 10.8. The molecular weight excluding hydrogens is 440 g/mol. The summed E-state index contributed by atoms with van der Waals surface area (Å²) in [7, 11) is 1.52. The molecule has 1 saturated heterocycles. The highest BCUT2D eigenvalue weighted by atomic mass is 35.5. The van der Waals surface area contributed by atoms with Crippen LogP contribution in [0, 0.1) is 6.92 Å². The van der Waals surface area contributed by atoms with Crippen molar-refractivity contribution >= 4 is 29.6 Å². The molecule has 168 valence electrons. The molecule has 0 saturated carbocycles. The lowest BCUT2D eigenvalue weighted by Crippen LogP contribution is -2.30. The van der Waals surface area contributed by atoms with Crippen LogP contribution in [0.15, 0.2) is 72.4 Å². The summed E-state index contributed by atoms with van der Waals surface area (Å²) < 4.78 is 11.3. The molecule has 33 heavy (non-hydrogen) atoms. The van der Waals surface area contributed by atoms with E-state index in [1.807, 2.05) is 61.5 Å². The largest absolute Gasteiger partial charge is 0.493 e. The van der Waals surface area contributed by atoms with Crippen molar-refractivity contribution in [3.63, 3.8) is 0 Å². The number of hydrogen-bond donors (Lipinski definition) is 1. The molecule has 0 bridgehead atoms. The maximum atomic E-state index is 12.9. The Morgan fingerprint density at radius 2 is 1.76 bits per heavy atom. The maximum absolute atomic E-state index is 12.9. The second kappa shape index (κ2) is 9.79. The van der Waals surface area contributed by atoms with E-state index in [-0.39, 0.29) is 12.2 Å². The molecule has 1 aliphatic rings. The van der Waals surface area contributed by atoms with Crippen LogP contribution in [0.2, 0.25) is 5.02 Å². The summed E-state index contributed by atoms with van der Waals surface area (Å²) in [4.78, 5) is 26.5. The van der Waals surface area contributed by atoms with E-state index in [9.17, 15) is 9.59 Å². The number of carbonyl (C=O) groups excluding carboxylic acids is 2. The standard InChI is InChI=1S/C26H23ClN2O4/c1-17-7-6-10-19(11-17)15-29-25(30)22(28-26(29)31)13-20-12-21(27)24(23(14-20)32-2)33-16-18-8-4-3-5-9-18/h3-14H,15-16H2,1-2H3,(H,28,31)/b22-13+. The smallest absolute Gasteiger partial charge is 0.329 e. The normalized spacial score (nSPS) is 14.5. The number of hydrogen-bond acceptors (Lipinski definition) is 4. The van der Waals surface area contributed by atoms with Crippen LogP contribution in [0.5, 0.6) is 11.5 Å². The third kappa shape index (κ3) is 5.18. The highest BCUT2D eigenvalue weighted by Gasteiger charge is 2.33. The van der Waals surface area contributed by atoms with Crippen LogP contribution in [0.25, 0.3) is 6.08 Å². The van der Waals surface area contributed by atoms with Crippen molar-refractivity contribution in [3.05, 3.63) is 99.7 Å². The molecule has 6 nitrogen and oxygen atoms in total. The van der Waals surface area contributed by atoms with Gasteiger partial charge in [0.2, 0.25) is 0 Å². The second-order valence-corrected chi connectivity index (χ2v) is 8.08. The first-order chi connectivity index (χ1) is 15.9. The van der Waals surface area contributed by atoms with Crippen molar-refractivity contribution in [2.75, 3.05) is 7.11 Å². The second-order valence-electron chi connectivity index (χ2n) is 7.68. The molecule has 3 aromatic rings. The number of nitrogens with zero attached hydrogens (tertiary/aromatic N) is 1. The predicted octanol–water partition coefficient (Wildman–Crippen LogP) is 5.33. The monoisotopic (exact) mass is 462 g/mol.